The number of sulfone groups is 1. The Morgan fingerprint density at radius 3 is 2.52 bits per heavy atom. The Morgan fingerprint density at radius 1 is 1.24 bits per heavy atom. The van der Waals surface area contributed by atoms with E-state index >= 15 is 0 Å². The number of furan rings is 1. The molecule has 1 heterocycles. The van der Waals surface area contributed by atoms with E-state index in [2.05, 4.69) is 5.32 Å². The molecule has 0 aliphatic heterocycles. The van der Waals surface area contributed by atoms with Crippen molar-refractivity contribution in [1.29, 1.82) is 0 Å². The fourth-order valence-corrected chi connectivity index (χ4v) is 2.85. The SMILES string of the molecule is COc1ccc(S(=O)(=O)CCNC(=O)c2ccco2)cc1. The van der Waals surface area contributed by atoms with Gasteiger partial charge in [-0.2, -0.15) is 0 Å². The van der Waals surface area contributed by atoms with Gasteiger partial charge in [0, 0.05) is 6.54 Å². The van der Waals surface area contributed by atoms with Crippen LogP contribution < -0.4 is 10.1 Å². The topological polar surface area (TPSA) is 85.6 Å². The summed E-state index contributed by atoms with van der Waals surface area (Å²) in [5.41, 5.74) is 0. The maximum absolute atomic E-state index is 12.1. The first-order chi connectivity index (χ1) is 10.0. The van der Waals surface area contributed by atoms with Gasteiger partial charge in [-0.3, -0.25) is 4.79 Å². The van der Waals surface area contributed by atoms with Gasteiger partial charge in [-0.15, -0.1) is 0 Å². The molecule has 6 nitrogen and oxygen atoms in total. The second-order valence-corrected chi connectivity index (χ2v) is 6.34. The number of nitrogens with one attached hydrogen (secondary N) is 1. The molecular weight excluding hydrogens is 294 g/mol. The van der Waals surface area contributed by atoms with Crippen LogP contribution in [0.2, 0.25) is 0 Å². The lowest BCUT2D eigenvalue weighted by Crippen LogP contribution is -2.28. The predicted molar refractivity (Wildman–Crippen MR) is 76.1 cm³/mol. The van der Waals surface area contributed by atoms with Crippen LogP contribution in [0.25, 0.3) is 0 Å². The molecule has 1 amide bonds. The predicted octanol–water partition coefficient (Wildman–Crippen LogP) is 1.49. The number of rotatable bonds is 6. The van der Waals surface area contributed by atoms with Crippen LogP contribution in [0.4, 0.5) is 0 Å². The van der Waals surface area contributed by atoms with Crippen LogP contribution in [-0.4, -0.2) is 33.7 Å². The fourth-order valence-electron chi connectivity index (χ4n) is 1.69. The minimum absolute atomic E-state index is 0.00783. The van der Waals surface area contributed by atoms with E-state index in [1.54, 1.807) is 18.2 Å². The number of carbonyl (C=O) groups excluding carboxylic acids is 1. The number of amides is 1. The van der Waals surface area contributed by atoms with Crippen molar-refractivity contribution in [2.75, 3.05) is 19.4 Å². The molecule has 0 fully saturated rings. The lowest BCUT2D eigenvalue weighted by atomic mass is 10.3. The summed E-state index contributed by atoms with van der Waals surface area (Å²) < 4.78 is 34.1. The summed E-state index contributed by atoms with van der Waals surface area (Å²) in [6.07, 6.45) is 1.38. The van der Waals surface area contributed by atoms with Crippen molar-refractivity contribution in [3.05, 3.63) is 48.4 Å². The molecule has 21 heavy (non-hydrogen) atoms. The van der Waals surface area contributed by atoms with Crippen LogP contribution in [-0.2, 0) is 9.84 Å². The van der Waals surface area contributed by atoms with Gasteiger partial charge in [0.2, 0.25) is 0 Å². The molecule has 0 aliphatic rings. The molecule has 2 aromatic rings. The Kier molecular flexibility index (Phi) is 4.64. The van der Waals surface area contributed by atoms with Crippen LogP contribution in [0.3, 0.4) is 0 Å². The number of hydrogen-bond acceptors (Lipinski definition) is 5. The van der Waals surface area contributed by atoms with E-state index in [0.29, 0.717) is 5.75 Å². The molecule has 112 valence electrons. The zero-order chi connectivity index (χ0) is 15.3. The van der Waals surface area contributed by atoms with E-state index in [0.717, 1.165) is 0 Å². The third kappa shape index (κ3) is 3.85. The first-order valence-electron chi connectivity index (χ1n) is 6.21. The third-order valence-electron chi connectivity index (χ3n) is 2.82. The highest BCUT2D eigenvalue weighted by Crippen LogP contribution is 2.16. The molecule has 0 bridgehead atoms. The van der Waals surface area contributed by atoms with Crippen LogP contribution in [0.15, 0.2) is 52.0 Å². The highest BCUT2D eigenvalue weighted by molar-refractivity contribution is 7.91. The van der Waals surface area contributed by atoms with E-state index in [4.69, 9.17) is 9.15 Å². The van der Waals surface area contributed by atoms with Gasteiger partial charge in [0.05, 0.1) is 24.0 Å². The normalized spacial score (nSPS) is 11.1. The van der Waals surface area contributed by atoms with Crippen molar-refractivity contribution in [3.63, 3.8) is 0 Å². The molecule has 0 saturated heterocycles. The maximum atomic E-state index is 12.1. The van der Waals surface area contributed by atoms with Crippen molar-refractivity contribution in [2.24, 2.45) is 0 Å². The van der Waals surface area contributed by atoms with Crippen molar-refractivity contribution in [3.8, 4) is 5.75 Å². The highest BCUT2D eigenvalue weighted by Gasteiger charge is 2.15. The summed E-state index contributed by atoms with van der Waals surface area (Å²) in [7, 11) is -1.94. The zero-order valence-electron chi connectivity index (χ0n) is 11.4. The lowest BCUT2D eigenvalue weighted by Gasteiger charge is -2.06. The van der Waals surface area contributed by atoms with Gasteiger partial charge < -0.3 is 14.5 Å². The zero-order valence-corrected chi connectivity index (χ0v) is 12.2. The monoisotopic (exact) mass is 309 g/mol. The van der Waals surface area contributed by atoms with Crippen LogP contribution >= 0.6 is 0 Å². The quantitative estimate of drug-likeness (QED) is 0.874. The Balaban J connectivity index is 1.93. The number of hydrogen-bond donors (Lipinski definition) is 1. The van der Waals surface area contributed by atoms with Gasteiger partial charge in [-0.1, -0.05) is 0 Å². The second-order valence-electron chi connectivity index (χ2n) is 4.23. The summed E-state index contributed by atoms with van der Waals surface area (Å²) in [6.45, 7) is 0.00783. The standard InChI is InChI=1S/C14H15NO5S/c1-19-11-4-6-12(7-5-11)21(17,18)10-8-15-14(16)13-3-2-9-20-13/h2-7,9H,8,10H2,1H3,(H,15,16). The lowest BCUT2D eigenvalue weighted by molar-refractivity contribution is 0.0928. The molecule has 2 rings (SSSR count). The summed E-state index contributed by atoms with van der Waals surface area (Å²) >= 11 is 0. The molecule has 1 aromatic heterocycles. The summed E-state index contributed by atoms with van der Waals surface area (Å²) in [4.78, 5) is 11.8. The molecule has 0 saturated carbocycles. The van der Waals surface area contributed by atoms with Crippen LogP contribution in [0, 0.1) is 0 Å². The number of ether oxygens (including phenoxy) is 1. The first-order valence-corrected chi connectivity index (χ1v) is 7.86. The summed E-state index contributed by atoms with van der Waals surface area (Å²) in [5.74, 6) is 0.105. The van der Waals surface area contributed by atoms with Gasteiger partial charge in [0.1, 0.15) is 5.75 Å². The molecular formula is C14H15NO5S. The third-order valence-corrected chi connectivity index (χ3v) is 4.55. The summed E-state index contributed by atoms with van der Waals surface area (Å²) in [6, 6.07) is 9.20. The van der Waals surface area contributed by atoms with E-state index in [1.807, 2.05) is 0 Å². The van der Waals surface area contributed by atoms with Crippen molar-refractivity contribution >= 4 is 15.7 Å². The smallest absolute Gasteiger partial charge is 0.287 e. The Bertz CT molecular complexity index is 689. The molecule has 0 radical (unpaired) electrons. The average Bonchev–Trinajstić information content (AvgIpc) is 3.01. The van der Waals surface area contributed by atoms with E-state index in [-0.39, 0.29) is 23.0 Å². The van der Waals surface area contributed by atoms with E-state index in [1.165, 1.54) is 31.6 Å². The van der Waals surface area contributed by atoms with Crippen LogP contribution in [0.5, 0.6) is 5.75 Å². The first kappa shape index (κ1) is 15.1. The number of carbonyl (C=O) groups is 1. The van der Waals surface area contributed by atoms with Gasteiger partial charge >= 0.3 is 0 Å². The fraction of sp³-hybridized carbons (Fsp3) is 0.214. The highest BCUT2D eigenvalue weighted by atomic mass is 32.2. The number of benzene rings is 1. The van der Waals surface area contributed by atoms with E-state index in [9.17, 15) is 13.2 Å². The van der Waals surface area contributed by atoms with E-state index < -0.39 is 15.7 Å². The molecule has 0 atom stereocenters. The van der Waals surface area contributed by atoms with Crippen molar-refractivity contribution in [2.45, 2.75) is 4.90 Å². The minimum Gasteiger partial charge on any atom is -0.497 e. The molecule has 0 aliphatic carbocycles. The molecule has 7 heteroatoms. The molecule has 1 N–H and O–H groups in total. The molecule has 1 aromatic carbocycles. The molecule has 0 unspecified atom stereocenters. The Morgan fingerprint density at radius 2 is 1.95 bits per heavy atom. The molecule has 0 spiro atoms. The minimum atomic E-state index is -3.45. The van der Waals surface area contributed by atoms with Gasteiger partial charge in [0.25, 0.3) is 5.91 Å². The number of methoxy groups -OCH3 is 1. The Hall–Kier alpha value is -2.28. The summed E-state index contributed by atoms with van der Waals surface area (Å²) in [5, 5.41) is 2.50. The maximum Gasteiger partial charge on any atom is 0.287 e. The Labute approximate surface area is 122 Å². The average molecular weight is 309 g/mol. The van der Waals surface area contributed by atoms with Gasteiger partial charge in [-0.05, 0) is 36.4 Å². The van der Waals surface area contributed by atoms with Gasteiger partial charge in [-0.25, -0.2) is 8.42 Å². The van der Waals surface area contributed by atoms with Crippen molar-refractivity contribution in [1.82, 2.24) is 5.32 Å². The van der Waals surface area contributed by atoms with Crippen molar-refractivity contribution < 1.29 is 22.4 Å². The van der Waals surface area contributed by atoms with Crippen LogP contribution in [0.1, 0.15) is 10.6 Å². The van der Waals surface area contributed by atoms with Gasteiger partial charge in [0.15, 0.2) is 15.6 Å². The second kappa shape index (κ2) is 6.45. The largest absolute Gasteiger partial charge is 0.497 e.